The Balaban J connectivity index is 2.22. The van der Waals surface area contributed by atoms with Gasteiger partial charge in [0, 0.05) is 6.07 Å². The van der Waals surface area contributed by atoms with Crippen LogP contribution in [0.3, 0.4) is 0 Å². The summed E-state index contributed by atoms with van der Waals surface area (Å²) in [6, 6.07) is 7.98. The highest BCUT2D eigenvalue weighted by Crippen LogP contribution is 2.30. The lowest BCUT2D eigenvalue weighted by Crippen LogP contribution is -1.81. The number of thiazole rings is 1. The van der Waals surface area contributed by atoms with E-state index < -0.39 is 0 Å². The number of anilines is 1. The summed E-state index contributed by atoms with van der Waals surface area (Å²) in [6.07, 6.45) is 0. The van der Waals surface area contributed by atoms with Gasteiger partial charge in [0.2, 0.25) is 0 Å². The maximum absolute atomic E-state index is 5.57. The molecule has 3 rings (SSSR count). The van der Waals surface area contributed by atoms with Gasteiger partial charge >= 0.3 is 0 Å². The first-order chi connectivity index (χ1) is 7.74. The minimum absolute atomic E-state index is 0.492. The van der Waals surface area contributed by atoms with Crippen molar-refractivity contribution in [3.63, 3.8) is 0 Å². The third kappa shape index (κ3) is 1.37. The van der Waals surface area contributed by atoms with Gasteiger partial charge in [0.25, 0.3) is 0 Å². The minimum atomic E-state index is 0.492. The van der Waals surface area contributed by atoms with Crippen LogP contribution in [0.25, 0.3) is 20.9 Å². The number of aromatic nitrogens is 3. The second-order valence-electron chi connectivity index (χ2n) is 3.65. The van der Waals surface area contributed by atoms with Gasteiger partial charge in [-0.2, -0.15) is 5.10 Å². The van der Waals surface area contributed by atoms with Crippen molar-refractivity contribution in [2.75, 3.05) is 5.73 Å². The summed E-state index contributed by atoms with van der Waals surface area (Å²) in [4.78, 5) is 4.59. The Kier molecular flexibility index (Phi) is 1.94. The van der Waals surface area contributed by atoms with E-state index in [4.69, 9.17) is 5.73 Å². The molecule has 2 heterocycles. The smallest absolute Gasteiger partial charge is 0.145 e. The summed E-state index contributed by atoms with van der Waals surface area (Å²) >= 11 is 1.64. The Hall–Kier alpha value is -1.88. The van der Waals surface area contributed by atoms with Gasteiger partial charge in [-0.05, 0) is 18.6 Å². The molecule has 0 aliphatic heterocycles. The van der Waals surface area contributed by atoms with E-state index >= 15 is 0 Å². The second-order valence-corrected chi connectivity index (χ2v) is 4.68. The number of aryl methyl sites for hydroxylation is 1. The molecule has 80 valence electrons. The first-order valence-electron chi connectivity index (χ1n) is 4.91. The zero-order valence-electron chi connectivity index (χ0n) is 8.69. The van der Waals surface area contributed by atoms with Crippen molar-refractivity contribution in [3.8, 4) is 10.7 Å². The maximum atomic E-state index is 5.57. The number of fused-ring (bicyclic) bond motifs is 1. The van der Waals surface area contributed by atoms with Gasteiger partial charge in [0.1, 0.15) is 10.8 Å². The topological polar surface area (TPSA) is 67.6 Å². The Morgan fingerprint density at radius 3 is 2.94 bits per heavy atom. The predicted octanol–water partition coefficient (Wildman–Crippen LogP) is 2.58. The van der Waals surface area contributed by atoms with Crippen LogP contribution in [0.1, 0.15) is 5.56 Å². The monoisotopic (exact) mass is 230 g/mol. The molecule has 5 heteroatoms. The van der Waals surface area contributed by atoms with Gasteiger partial charge in [-0.3, -0.25) is 5.10 Å². The van der Waals surface area contributed by atoms with Crippen molar-refractivity contribution >= 4 is 27.4 Å². The molecule has 0 radical (unpaired) electrons. The summed E-state index contributed by atoms with van der Waals surface area (Å²) in [5.74, 6) is 0.492. The number of nitrogen functional groups attached to an aromatic ring is 1. The van der Waals surface area contributed by atoms with Crippen molar-refractivity contribution in [1.29, 1.82) is 0 Å². The molecule has 4 nitrogen and oxygen atoms in total. The molecule has 0 saturated heterocycles. The summed E-state index contributed by atoms with van der Waals surface area (Å²) in [6.45, 7) is 2.06. The van der Waals surface area contributed by atoms with E-state index in [9.17, 15) is 0 Å². The van der Waals surface area contributed by atoms with Gasteiger partial charge in [0.15, 0.2) is 0 Å². The van der Waals surface area contributed by atoms with Crippen LogP contribution in [0, 0.1) is 6.92 Å². The van der Waals surface area contributed by atoms with Crippen molar-refractivity contribution in [3.05, 3.63) is 29.8 Å². The van der Waals surface area contributed by atoms with Crippen LogP contribution in [0.4, 0.5) is 5.82 Å². The summed E-state index contributed by atoms with van der Waals surface area (Å²) in [7, 11) is 0. The molecule has 0 unspecified atom stereocenters. The summed E-state index contributed by atoms with van der Waals surface area (Å²) in [5, 5.41) is 7.70. The van der Waals surface area contributed by atoms with E-state index in [-0.39, 0.29) is 0 Å². The molecule has 0 bridgehead atoms. The molecule has 0 fully saturated rings. The predicted molar refractivity (Wildman–Crippen MR) is 66.4 cm³/mol. The van der Waals surface area contributed by atoms with Crippen LogP contribution in [0.15, 0.2) is 24.3 Å². The van der Waals surface area contributed by atoms with Crippen LogP contribution in [0.2, 0.25) is 0 Å². The van der Waals surface area contributed by atoms with Gasteiger partial charge in [-0.15, -0.1) is 11.3 Å². The molecular formula is C11H10N4S. The minimum Gasteiger partial charge on any atom is -0.382 e. The highest BCUT2D eigenvalue weighted by molar-refractivity contribution is 7.21. The average molecular weight is 230 g/mol. The number of aromatic amines is 1. The van der Waals surface area contributed by atoms with Crippen LogP contribution in [-0.4, -0.2) is 15.2 Å². The zero-order chi connectivity index (χ0) is 11.1. The fraction of sp³-hybridized carbons (Fsp3) is 0.0909. The van der Waals surface area contributed by atoms with Crippen LogP contribution in [0.5, 0.6) is 0 Å². The van der Waals surface area contributed by atoms with Crippen molar-refractivity contribution in [2.24, 2.45) is 0 Å². The molecule has 3 aromatic rings. The lowest BCUT2D eigenvalue weighted by atomic mass is 10.2. The molecule has 1 aromatic carbocycles. The lowest BCUT2D eigenvalue weighted by Gasteiger charge is -1.90. The molecular weight excluding hydrogens is 220 g/mol. The number of nitrogens with zero attached hydrogens (tertiary/aromatic N) is 2. The number of nitrogens with one attached hydrogen (secondary N) is 1. The normalized spacial score (nSPS) is 11.1. The third-order valence-corrected chi connectivity index (χ3v) is 3.50. The summed E-state index contributed by atoms with van der Waals surface area (Å²) < 4.78 is 1.18. The quantitative estimate of drug-likeness (QED) is 0.675. The highest BCUT2D eigenvalue weighted by atomic mass is 32.1. The zero-order valence-corrected chi connectivity index (χ0v) is 9.51. The van der Waals surface area contributed by atoms with Gasteiger partial charge in [-0.25, -0.2) is 4.98 Å². The second kappa shape index (κ2) is 3.31. The molecule has 3 N–H and O–H groups in total. The molecule has 2 aromatic heterocycles. The van der Waals surface area contributed by atoms with E-state index in [0.717, 1.165) is 16.2 Å². The van der Waals surface area contributed by atoms with Crippen molar-refractivity contribution in [2.45, 2.75) is 6.92 Å². The van der Waals surface area contributed by atoms with Crippen molar-refractivity contribution in [1.82, 2.24) is 15.2 Å². The third-order valence-electron chi connectivity index (χ3n) is 2.45. The molecule has 0 atom stereocenters. The Labute approximate surface area is 96.1 Å². The van der Waals surface area contributed by atoms with E-state index in [1.165, 1.54) is 10.3 Å². The number of para-hydroxylation sites is 1. The highest BCUT2D eigenvalue weighted by Gasteiger charge is 2.09. The first kappa shape index (κ1) is 9.35. The Bertz CT molecular complexity index is 653. The van der Waals surface area contributed by atoms with Crippen LogP contribution < -0.4 is 5.73 Å². The number of hydrogen-bond acceptors (Lipinski definition) is 4. The average Bonchev–Trinajstić information content (AvgIpc) is 2.84. The van der Waals surface area contributed by atoms with Gasteiger partial charge < -0.3 is 5.73 Å². The molecule has 0 spiro atoms. The Morgan fingerprint density at radius 1 is 1.38 bits per heavy atom. The maximum Gasteiger partial charge on any atom is 0.145 e. The number of benzene rings is 1. The lowest BCUT2D eigenvalue weighted by molar-refractivity contribution is 1.10. The van der Waals surface area contributed by atoms with E-state index in [0.29, 0.717) is 5.82 Å². The molecule has 0 aliphatic carbocycles. The largest absolute Gasteiger partial charge is 0.382 e. The van der Waals surface area contributed by atoms with Gasteiger partial charge in [-0.1, -0.05) is 12.1 Å². The van der Waals surface area contributed by atoms with Crippen LogP contribution >= 0.6 is 11.3 Å². The first-order valence-corrected chi connectivity index (χ1v) is 5.73. The molecule has 16 heavy (non-hydrogen) atoms. The van der Waals surface area contributed by atoms with Crippen molar-refractivity contribution < 1.29 is 0 Å². The van der Waals surface area contributed by atoms with E-state index in [1.807, 2.05) is 6.07 Å². The number of rotatable bonds is 1. The molecule has 0 aliphatic rings. The molecule has 0 amide bonds. The SMILES string of the molecule is Cc1cccc2sc(-c3cc(N)n[nH]3)nc12. The fourth-order valence-electron chi connectivity index (χ4n) is 1.65. The van der Waals surface area contributed by atoms with E-state index in [1.54, 1.807) is 17.4 Å². The van der Waals surface area contributed by atoms with Gasteiger partial charge in [0.05, 0.1) is 15.9 Å². The van der Waals surface area contributed by atoms with Crippen LogP contribution in [-0.2, 0) is 0 Å². The fourth-order valence-corrected chi connectivity index (χ4v) is 2.66. The summed E-state index contributed by atoms with van der Waals surface area (Å²) in [5.41, 5.74) is 8.69. The number of hydrogen-bond donors (Lipinski definition) is 2. The Morgan fingerprint density at radius 2 is 2.25 bits per heavy atom. The number of H-pyrrole nitrogens is 1. The standard InChI is InChI=1S/C11H10N4S/c1-6-3-2-4-8-10(6)13-11(16-8)7-5-9(12)15-14-7/h2-5H,1H3,(H3,12,14,15). The number of nitrogens with two attached hydrogens (primary N) is 1. The molecule has 0 saturated carbocycles. The van der Waals surface area contributed by atoms with E-state index in [2.05, 4.69) is 34.2 Å².